The van der Waals surface area contributed by atoms with Crippen molar-refractivity contribution in [1.82, 2.24) is 9.80 Å². The van der Waals surface area contributed by atoms with Gasteiger partial charge in [-0.15, -0.1) is 11.8 Å². The molecule has 0 radical (unpaired) electrons. The van der Waals surface area contributed by atoms with Crippen molar-refractivity contribution in [1.29, 1.82) is 0 Å². The number of carboxylic acids is 1. The van der Waals surface area contributed by atoms with Gasteiger partial charge in [-0.2, -0.15) is 0 Å². The average Bonchev–Trinajstić information content (AvgIpc) is 3.11. The molecule has 0 spiro atoms. The number of rotatable bonds is 2. The van der Waals surface area contributed by atoms with Crippen molar-refractivity contribution < 1.29 is 19.5 Å². The van der Waals surface area contributed by atoms with Gasteiger partial charge in [0.15, 0.2) is 11.2 Å². The van der Waals surface area contributed by atoms with Gasteiger partial charge in [0.25, 0.3) is 11.8 Å². The fraction of sp³-hybridized carbons (Fsp3) is 0.333. The summed E-state index contributed by atoms with van der Waals surface area (Å²) >= 11 is 2.80. The largest absolute Gasteiger partial charge is 0.477 e. The molecule has 0 saturated carbocycles. The number of β-lactam (4-membered cyclic amide) rings is 1. The molecule has 2 saturated heterocycles. The minimum absolute atomic E-state index is 0.00705. The standard InChI is InChI=1S/C12H9N3O4S2/c16-8-5(10-15(8)7(4-21-10)11(18)19)3-6-9(17)14-1-2-20-12(14)13-6/h3-4,6,10H,1-2H2,(H,18,19)/b5-3-/t6-,10-/m1/s1. The number of hydrogen-bond donors (Lipinski definition) is 1. The summed E-state index contributed by atoms with van der Waals surface area (Å²) in [5.41, 5.74) is 0.453. The number of amidine groups is 1. The second kappa shape index (κ2) is 4.38. The van der Waals surface area contributed by atoms with E-state index in [0.717, 1.165) is 5.75 Å². The summed E-state index contributed by atoms with van der Waals surface area (Å²) in [4.78, 5) is 42.4. The lowest BCUT2D eigenvalue weighted by Crippen LogP contribution is -2.51. The first-order valence-electron chi connectivity index (χ1n) is 6.24. The topological polar surface area (TPSA) is 90.3 Å². The van der Waals surface area contributed by atoms with E-state index in [9.17, 15) is 14.4 Å². The molecule has 0 bridgehead atoms. The molecule has 9 heteroatoms. The Bertz CT molecular complexity index is 684. The summed E-state index contributed by atoms with van der Waals surface area (Å²) in [5.74, 6) is -0.730. The Balaban J connectivity index is 1.57. The second-order valence-electron chi connectivity index (χ2n) is 4.79. The minimum Gasteiger partial charge on any atom is -0.477 e. The first kappa shape index (κ1) is 13.0. The quantitative estimate of drug-likeness (QED) is 0.571. The zero-order valence-corrected chi connectivity index (χ0v) is 12.2. The number of carboxylic acid groups (broad SMARTS) is 1. The molecule has 7 nitrogen and oxygen atoms in total. The van der Waals surface area contributed by atoms with Crippen LogP contribution in [0.4, 0.5) is 0 Å². The number of aliphatic carboxylic acids is 1. The fourth-order valence-corrected chi connectivity index (χ4v) is 4.72. The van der Waals surface area contributed by atoms with Gasteiger partial charge in [0.2, 0.25) is 0 Å². The summed E-state index contributed by atoms with van der Waals surface area (Å²) in [6.45, 7) is 0.658. The number of thioether (sulfide) groups is 2. The molecule has 0 aliphatic carbocycles. The van der Waals surface area contributed by atoms with Gasteiger partial charge >= 0.3 is 5.97 Å². The molecule has 4 aliphatic rings. The molecular weight excluding hydrogens is 314 g/mol. The van der Waals surface area contributed by atoms with Crippen molar-refractivity contribution in [3.05, 3.63) is 22.8 Å². The van der Waals surface area contributed by atoms with Gasteiger partial charge in [0.1, 0.15) is 11.1 Å². The maximum absolute atomic E-state index is 12.1. The van der Waals surface area contributed by atoms with E-state index in [2.05, 4.69) is 4.99 Å². The second-order valence-corrected chi connectivity index (χ2v) is 6.81. The van der Waals surface area contributed by atoms with E-state index >= 15 is 0 Å². The van der Waals surface area contributed by atoms with Gasteiger partial charge < -0.3 is 5.11 Å². The van der Waals surface area contributed by atoms with Crippen LogP contribution >= 0.6 is 23.5 Å². The molecule has 0 aromatic carbocycles. The lowest BCUT2D eigenvalue weighted by molar-refractivity contribution is -0.141. The van der Waals surface area contributed by atoms with Gasteiger partial charge in [-0.05, 0) is 6.08 Å². The highest BCUT2D eigenvalue weighted by Crippen LogP contribution is 2.45. The summed E-state index contributed by atoms with van der Waals surface area (Å²) in [6, 6.07) is -0.650. The Morgan fingerprint density at radius 2 is 2.29 bits per heavy atom. The van der Waals surface area contributed by atoms with Crippen LogP contribution in [0, 0.1) is 0 Å². The molecule has 1 N–H and O–H groups in total. The maximum atomic E-state index is 12.1. The van der Waals surface area contributed by atoms with E-state index in [1.807, 2.05) is 0 Å². The van der Waals surface area contributed by atoms with Crippen LogP contribution < -0.4 is 0 Å². The third-order valence-corrected chi connectivity index (χ3v) is 5.69. The molecule has 108 valence electrons. The van der Waals surface area contributed by atoms with Crippen LogP contribution in [-0.4, -0.2) is 61.6 Å². The number of fused-ring (bicyclic) bond motifs is 2. The Kier molecular flexibility index (Phi) is 2.70. The predicted octanol–water partition coefficient (Wildman–Crippen LogP) is 0.0675. The zero-order valence-electron chi connectivity index (χ0n) is 10.6. The third-order valence-electron chi connectivity index (χ3n) is 3.64. The number of nitrogens with zero attached hydrogens (tertiary/aromatic N) is 3. The first-order chi connectivity index (χ1) is 10.1. The monoisotopic (exact) mass is 323 g/mol. The van der Waals surface area contributed by atoms with Gasteiger partial charge in [-0.1, -0.05) is 11.8 Å². The van der Waals surface area contributed by atoms with Crippen LogP contribution in [0.3, 0.4) is 0 Å². The lowest BCUT2D eigenvalue weighted by Gasteiger charge is -2.37. The minimum atomic E-state index is -1.12. The Morgan fingerprint density at radius 1 is 1.48 bits per heavy atom. The fourth-order valence-electron chi connectivity index (χ4n) is 2.61. The molecule has 4 aliphatic heterocycles. The smallest absolute Gasteiger partial charge is 0.353 e. The highest BCUT2D eigenvalue weighted by Gasteiger charge is 2.50. The normalized spacial score (nSPS) is 32.1. The number of carbonyl (C=O) groups excluding carboxylic acids is 2. The SMILES string of the molecule is O=C(O)C1=CS[C@@H]2/C(=C\[C@H]3N=C4SCCN4C3=O)C(=O)N12. The Hall–Kier alpha value is -1.74. The molecule has 0 unspecified atom stereocenters. The molecule has 0 aromatic heterocycles. The van der Waals surface area contributed by atoms with E-state index < -0.39 is 12.0 Å². The van der Waals surface area contributed by atoms with Gasteiger partial charge in [0, 0.05) is 23.3 Å². The van der Waals surface area contributed by atoms with Crippen molar-refractivity contribution in [3.8, 4) is 0 Å². The van der Waals surface area contributed by atoms with Crippen LogP contribution in [-0.2, 0) is 14.4 Å². The van der Waals surface area contributed by atoms with Crippen molar-refractivity contribution in [2.24, 2.45) is 4.99 Å². The Labute approximate surface area is 127 Å². The van der Waals surface area contributed by atoms with E-state index in [-0.39, 0.29) is 22.9 Å². The Morgan fingerprint density at radius 3 is 3.00 bits per heavy atom. The van der Waals surface area contributed by atoms with Gasteiger partial charge in [-0.3, -0.25) is 19.4 Å². The predicted molar refractivity (Wildman–Crippen MR) is 77.4 cm³/mol. The number of carbonyl (C=O) groups is 3. The van der Waals surface area contributed by atoms with Crippen LogP contribution in [0.15, 0.2) is 27.7 Å². The molecule has 2 fully saturated rings. The number of hydrogen-bond acceptors (Lipinski definition) is 6. The maximum Gasteiger partial charge on any atom is 0.353 e. The highest BCUT2D eigenvalue weighted by atomic mass is 32.2. The van der Waals surface area contributed by atoms with Crippen LogP contribution in [0.1, 0.15) is 0 Å². The zero-order chi connectivity index (χ0) is 14.7. The molecule has 0 aromatic rings. The van der Waals surface area contributed by atoms with Gasteiger partial charge in [0.05, 0.1) is 0 Å². The molecule has 2 amide bonds. The number of amides is 2. The summed E-state index contributed by atoms with van der Waals surface area (Å²) < 4.78 is 0. The van der Waals surface area contributed by atoms with Crippen LogP contribution in [0.25, 0.3) is 0 Å². The highest BCUT2D eigenvalue weighted by molar-refractivity contribution is 8.14. The first-order valence-corrected chi connectivity index (χ1v) is 8.17. The molecule has 4 heterocycles. The van der Waals surface area contributed by atoms with Crippen LogP contribution in [0.2, 0.25) is 0 Å². The molecular formula is C12H9N3O4S2. The summed E-state index contributed by atoms with van der Waals surface area (Å²) in [7, 11) is 0. The summed E-state index contributed by atoms with van der Waals surface area (Å²) in [6.07, 6.45) is 1.57. The third kappa shape index (κ3) is 1.70. The average molecular weight is 323 g/mol. The van der Waals surface area contributed by atoms with Gasteiger partial charge in [-0.25, -0.2) is 9.79 Å². The van der Waals surface area contributed by atoms with Crippen molar-refractivity contribution in [3.63, 3.8) is 0 Å². The van der Waals surface area contributed by atoms with E-state index in [0.29, 0.717) is 17.3 Å². The van der Waals surface area contributed by atoms with E-state index in [4.69, 9.17) is 5.11 Å². The van der Waals surface area contributed by atoms with Crippen molar-refractivity contribution >= 4 is 46.5 Å². The molecule has 21 heavy (non-hydrogen) atoms. The van der Waals surface area contributed by atoms with E-state index in [1.54, 1.807) is 11.0 Å². The van der Waals surface area contributed by atoms with Crippen molar-refractivity contribution in [2.45, 2.75) is 11.4 Å². The van der Waals surface area contributed by atoms with Crippen molar-refractivity contribution in [2.75, 3.05) is 12.3 Å². The number of aliphatic imine (C=N–C) groups is 1. The molecule has 2 atom stereocenters. The summed E-state index contributed by atoms with van der Waals surface area (Å²) in [5, 5.41) is 10.8. The molecule has 4 rings (SSSR count). The van der Waals surface area contributed by atoms with Crippen LogP contribution in [0.5, 0.6) is 0 Å². The van der Waals surface area contributed by atoms with E-state index in [1.165, 1.54) is 33.8 Å². The lowest BCUT2D eigenvalue weighted by atomic mass is 10.0.